The number of hydrogen-bond acceptors (Lipinski definition) is 4. The van der Waals surface area contributed by atoms with Crippen molar-refractivity contribution in [1.29, 1.82) is 0 Å². The Morgan fingerprint density at radius 3 is 3.00 bits per heavy atom. The fourth-order valence-electron chi connectivity index (χ4n) is 3.21. The number of carbonyl (C=O) groups excluding carboxylic acids is 1. The average Bonchev–Trinajstić information content (AvgIpc) is 2.94. The lowest BCUT2D eigenvalue weighted by atomic mass is 9.99. The van der Waals surface area contributed by atoms with Crippen molar-refractivity contribution in [2.24, 2.45) is 5.92 Å². The van der Waals surface area contributed by atoms with E-state index in [0.717, 1.165) is 31.6 Å². The van der Waals surface area contributed by atoms with Crippen LogP contribution in [0.5, 0.6) is 0 Å². The van der Waals surface area contributed by atoms with E-state index in [1.54, 1.807) is 18.6 Å². The molecular formula is C16H23N5O. The molecule has 0 aliphatic carbocycles. The van der Waals surface area contributed by atoms with E-state index in [1.807, 2.05) is 4.90 Å². The number of piperazine rings is 1. The standard InChI is InChI=1S/C16H23N5O/c1-11(2)8-12-9-20(3)6-7-21(12)16(22)13-4-5-17-15-14(13)18-10-19-15/h4-5,10-12H,6-9H2,1-3H3,(H,17,18,19). The third-order valence-electron chi connectivity index (χ3n) is 4.25. The zero-order valence-electron chi connectivity index (χ0n) is 13.4. The molecule has 0 bridgehead atoms. The zero-order valence-corrected chi connectivity index (χ0v) is 13.4. The first-order chi connectivity index (χ1) is 10.6. The van der Waals surface area contributed by atoms with Gasteiger partial charge in [-0.3, -0.25) is 4.79 Å². The second kappa shape index (κ2) is 6.04. The number of hydrogen-bond donors (Lipinski definition) is 1. The van der Waals surface area contributed by atoms with Crippen molar-refractivity contribution in [3.63, 3.8) is 0 Å². The Bertz CT molecular complexity index is 663. The van der Waals surface area contributed by atoms with Gasteiger partial charge in [0.05, 0.1) is 17.4 Å². The highest BCUT2D eigenvalue weighted by atomic mass is 16.2. The fourth-order valence-corrected chi connectivity index (χ4v) is 3.21. The summed E-state index contributed by atoms with van der Waals surface area (Å²) in [6.45, 7) is 7.02. The first kappa shape index (κ1) is 15.0. The highest BCUT2D eigenvalue weighted by Gasteiger charge is 2.31. The van der Waals surface area contributed by atoms with E-state index in [0.29, 0.717) is 17.1 Å². The highest BCUT2D eigenvalue weighted by molar-refractivity contribution is 6.04. The van der Waals surface area contributed by atoms with Crippen LogP contribution in [0.25, 0.3) is 11.2 Å². The number of aromatic nitrogens is 3. The lowest BCUT2D eigenvalue weighted by Crippen LogP contribution is -2.54. The molecule has 1 unspecified atom stereocenters. The van der Waals surface area contributed by atoms with E-state index in [4.69, 9.17) is 0 Å². The van der Waals surface area contributed by atoms with Gasteiger partial charge in [-0.25, -0.2) is 9.97 Å². The van der Waals surface area contributed by atoms with E-state index in [-0.39, 0.29) is 11.9 Å². The molecule has 118 valence electrons. The van der Waals surface area contributed by atoms with Crippen molar-refractivity contribution in [3.8, 4) is 0 Å². The van der Waals surface area contributed by atoms with Crippen molar-refractivity contribution in [2.75, 3.05) is 26.7 Å². The summed E-state index contributed by atoms with van der Waals surface area (Å²) in [6.07, 6.45) is 4.27. The number of aromatic amines is 1. The van der Waals surface area contributed by atoms with Crippen LogP contribution in [0.15, 0.2) is 18.6 Å². The first-order valence-electron chi connectivity index (χ1n) is 7.84. The number of pyridine rings is 1. The van der Waals surface area contributed by atoms with Gasteiger partial charge in [-0.1, -0.05) is 13.8 Å². The SMILES string of the molecule is CC(C)CC1CN(C)CCN1C(=O)c1ccnc2nc[nH]c12. The van der Waals surface area contributed by atoms with E-state index >= 15 is 0 Å². The van der Waals surface area contributed by atoms with Crippen molar-refractivity contribution in [3.05, 3.63) is 24.2 Å². The summed E-state index contributed by atoms with van der Waals surface area (Å²) in [7, 11) is 2.12. The van der Waals surface area contributed by atoms with Crippen LogP contribution in [0.3, 0.4) is 0 Å². The normalized spacial score (nSPS) is 20.0. The Balaban J connectivity index is 1.90. The number of nitrogens with one attached hydrogen (secondary N) is 1. The Kier molecular flexibility index (Phi) is 4.11. The van der Waals surface area contributed by atoms with Gasteiger partial charge in [0.25, 0.3) is 5.91 Å². The Hall–Kier alpha value is -1.95. The van der Waals surface area contributed by atoms with Crippen LogP contribution in [-0.4, -0.2) is 63.4 Å². The van der Waals surface area contributed by atoms with Crippen molar-refractivity contribution in [1.82, 2.24) is 24.8 Å². The smallest absolute Gasteiger partial charge is 0.256 e. The number of nitrogens with zero attached hydrogens (tertiary/aromatic N) is 4. The Morgan fingerprint density at radius 2 is 2.23 bits per heavy atom. The number of likely N-dealkylation sites (N-methyl/N-ethyl adjacent to an activating group) is 1. The minimum Gasteiger partial charge on any atom is -0.343 e. The largest absolute Gasteiger partial charge is 0.343 e. The number of H-pyrrole nitrogens is 1. The number of rotatable bonds is 3. The van der Waals surface area contributed by atoms with Crippen LogP contribution < -0.4 is 0 Å². The Labute approximate surface area is 130 Å². The quantitative estimate of drug-likeness (QED) is 0.938. The monoisotopic (exact) mass is 301 g/mol. The molecule has 0 saturated carbocycles. The molecule has 2 aromatic rings. The fraction of sp³-hybridized carbons (Fsp3) is 0.562. The van der Waals surface area contributed by atoms with Crippen molar-refractivity contribution < 1.29 is 4.79 Å². The topological polar surface area (TPSA) is 65.1 Å². The molecule has 0 spiro atoms. The molecule has 2 aromatic heterocycles. The summed E-state index contributed by atoms with van der Waals surface area (Å²) in [5, 5.41) is 0. The van der Waals surface area contributed by atoms with Crippen molar-refractivity contribution in [2.45, 2.75) is 26.3 Å². The lowest BCUT2D eigenvalue weighted by Gasteiger charge is -2.41. The van der Waals surface area contributed by atoms with Crippen LogP contribution in [0, 0.1) is 5.92 Å². The van der Waals surface area contributed by atoms with Crippen LogP contribution >= 0.6 is 0 Å². The second-order valence-electron chi connectivity index (χ2n) is 6.50. The number of fused-ring (bicyclic) bond motifs is 1. The summed E-state index contributed by atoms with van der Waals surface area (Å²) in [4.78, 5) is 28.7. The average molecular weight is 301 g/mol. The molecule has 0 radical (unpaired) electrons. The van der Waals surface area contributed by atoms with Gasteiger partial charge in [0, 0.05) is 31.9 Å². The molecule has 1 aliphatic heterocycles. The number of imidazole rings is 1. The summed E-state index contributed by atoms with van der Waals surface area (Å²) < 4.78 is 0. The van der Waals surface area contributed by atoms with E-state index in [1.165, 1.54) is 0 Å². The van der Waals surface area contributed by atoms with Gasteiger partial charge in [0.15, 0.2) is 5.65 Å². The highest BCUT2D eigenvalue weighted by Crippen LogP contribution is 2.21. The summed E-state index contributed by atoms with van der Waals surface area (Å²) >= 11 is 0. The maximum absolute atomic E-state index is 13.0. The maximum atomic E-state index is 13.0. The van der Waals surface area contributed by atoms with Gasteiger partial charge in [-0.15, -0.1) is 0 Å². The lowest BCUT2D eigenvalue weighted by molar-refractivity contribution is 0.0462. The van der Waals surface area contributed by atoms with Gasteiger partial charge >= 0.3 is 0 Å². The number of amides is 1. The summed E-state index contributed by atoms with van der Waals surface area (Å²) in [6, 6.07) is 2.05. The molecule has 1 amide bonds. The molecule has 3 rings (SSSR count). The van der Waals surface area contributed by atoms with Crippen molar-refractivity contribution >= 4 is 17.1 Å². The third kappa shape index (κ3) is 2.83. The zero-order chi connectivity index (χ0) is 15.7. The molecular weight excluding hydrogens is 278 g/mol. The molecule has 1 N–H and O–H groups in total. The van der Waals surface area contributed by atoms with Crippen LogP contribution in [0.2, 0.25) is 0 Å². The molecule has 0 aromatic carbocycles. The van der Waals surface area contributed by atoms with Gasteiger partial charge in [-0.05, 0) is 25.5 Å². The second-order valence-corrected chi connectivity index (χ2v) is 6.50. The van der Waals surface area contributed by atoms with Crippen LogP contribution in [-0.2, 0) is 0 Å². The summed E-state index contributed by atoms with van der Waals surface area (Å²) in [5.74, 6) is 0.645. The van der Waals surface area contributed by atoms with E-state index in [2.05, 4.69) is 40.7 Å². The van der Waals surface area contributed by atoms with Gasteiger partial charge in [-0.2, -0.15) is 0 Å². The number of carbonyl (C=O) groups is 1. The molecule has 1 saturated heterocycles. The molecule has 1 fully saturated rings. The van der Waals surface area contributed by atoms with Crippen LogP contribution in [0.1, 0.15) is 30.6 Å². The molecule has 6 nitrogen and oxygen atoms in total. The molecule has 22 heavy (non-hydrogen) atoms. The minimum absolute atomic E-state index is 0.0791. The Morgan fingerprint density at radius 1 is 1.41 bits per heavy atom. The molecule has 1 aliphatic rings. The van der Waals surface area contributed by atoms with Crippen LogP contribution in [0.4, 0.5) is 0 Å². The van der Waals surface area contributed by atoms with E-state index in [9.17, 15) is 4.79 Å². The molecule has 1 atom stereocenters. The predicted molar refractivity (Wildman–Crippen MR) is 85.7 cm³/mol. The maximum Gasteiger partial charge on any atom is 0.256 e. The third-order valence-corrected chi connectivity index (χ3v) is 4.25. The minimum atomic E-state index is 0.0791. The van der Waals surface area contributed by atoms with Gasteiger partial charge in [0.1, 0.15) is 0 Å². The predicted octanol–water partition coefficient (Wildman–Crippen LogP) is 1.76. The molecule has 6 heteroatoms. The van der Waals surface area contributed by atoms with E-state index < -0.39 is 0 Å². The van der Waals surface area contributed by atoms with Gasteiger partial charge in [0.2, 0.25) is 0 Å². The molecule has 3 heterocycles. The first-order valence-corrected chi connectivity index (χ1v) is 7.84. The van der Waals surface area contributed by atoms with Gasteiger partial charge < -0.3 is 14.8 Å². The summed E-state index contributed by atoms with van der Waals surface area (Å²) in [5.41, 5.74) is 2.00.